The molecular formula is C16H26ClN3. The lowest BCUT2D eigenvalue weighted by Gasteiger charge is -2.37. The van der Waals surface area contributed by atoms with E-state index >= 15 is 0 Å². The highest BCUT2D eigenvalue weighted by molar-refractivity contribution is 6.31. The van der Waals surface area contributed by atoms with Crippen LogP contribution in [0.5, 0.6) is 0 Å². The molecule has 1 aromatic heterocycles. The summed E-state index contributed by atoms with van der Waals surface area (Å²) in [5, 5.41) is 4.14. The van der Waals surface area contributed by atoms with Gasteiger partial charge in [-0.1, -0.05) is 32.4 Å². The maximum Gasteiger partial charge on any atom is 0.129 e. The van der Waals surface area contributed by atoms with Gasteiger partial charge in [0, 0.05) is 25.2 Å². The van der Waals surface area contributed by atoms with Gasteiger partial charge in [-0.05, 0) is 37.8 Å². The van der Waals surface area contributed by atoms with E-state index in [1.165, 1.54) is 12.8 Å². The molecule has 0 aromatic carbocycles. The maximum absolute atomic E-state index is 6.26. The van der Waals surface area contributed by atoms with Gasteiger partial charge in [-0.2, -0.15) is 0 Å². The molecular weight excluding hydrogens is 270 g/mol. The molecule has 1 aliphatic heterocycles. The van der Waals surface area contributed by atoms with Gasteiger partial charge in [-0.15, -0.1) is 0 Å². The summed E-state index contributed by atoms with van der Waals surface area (Å²) >= 11 is 6.26. The third kappa shape index (κ3) is 3.86. The molecule has 3 nitrogen and oxygen atoms in total. The van der Waals surface area contributed by atoms with Gasteiger partial charge in [0.15, 0.2) is 0 Å². The molecule has 1 fully saturated rings. The molecule has 2 atom stereocenters. The quantitative estimate of drug-likeness (QED) is 0.914. The molecule has 1 N–H and O–H groups in total. The lowest BCUT2D eigenvalue weighted by Crippen LogP contribution is -2.40. The summed E-state index contributed by atoms with van der Waals surface area (Å²) in [6.07, 6.45) is 2.48. The minimum absolute atomic E-state index is 0.436. The predicted molar refractivity (Wildman–Crippen MR) is 86.4 cm³/mol. The molecule has 2 unspecified atom stereocenters. The first kappa shape index (κ1) is 15.6. The van der Waals surface area contributed by atoms with Gasteiger partial charge in [0.2, 0.25) is 0 Å². The standard InChI is InChI=1S/C16H26ClN3/c1-11(2)18-10-15-14(17)5-6-16(19-15)20-8-7-12(3)9-13(20)4/h5-6,11-13,18H,7-10H2,1-4H3. The second kappa shape index (κ2) is 6.77. The molecule has 0 radical (unpaired) electrons. The first-order valence-electron chi connectivity index (χ1n) is 7.62. The fraction of sp³-hybridized carbons (Fsp3) is 0.688. The zero-order chi connectivity index (χ0) is 14.7. The molecule has 0 saturated carbocycles. The second-order valence-electron chi connectivity index (χ2n) is 6.31. The van der Waals surface area contributed by atoms with Crippen LogP contribution in [0.4, 0.5) is 5.82 Å². The van der Waals surface area contributed by atoms with E-state index in [1.807, 2.05) is 12.1 Å². The number of hydrogen-bond donors (Lipinski definition) is 1. The minimum atomic E-state index is 0.436. The van der Waals surface area contributed by atoms with E-state index in [0.717, 1.165) is 35.5 Å². The molecule has 1 aromatic rings. The van der Waals surface area contributed by atoms with E-state index in [1.54, 1.807) is 0 Å². The highest BCUT2D eigenvalue weighted by Gasteiger charge is 2.24. The van der Waals surface area contributed by atoms with Crippen LogP contribution in [0.1, 0.15) is 46.2 Å². The number of aromatic nitrogens is 1. The van der Waals surface area contributed by atoms with Gasteiger partial charge in [0.25, 0.3) is 0 Å². The number of anilines is 1. The highest BCUT2D eigenvalue weighted by Crippen LogP contribution is 2.28. The fourth-order valence-electron chi connectivity index (χ4n) is 2.81. The zero-order valence-corrected chi connectivity index (χ0v) is 13.7. The van der Waals surface area contributed by atoms with Crippen LogP contribution in [0.2, 0.25) is 5.02 Å². The van der Waals surface area contributed by atoms with Crippen LogP contribution in [-0.4, -0.2) is 23.6 Å². The number of rotatable bonds is 4. The van der Waals surface area contributed by atoms with Gasteiger partial charge in [0.1, 0.15) is 5.82 Å². The van der Waals surface area contributed by atoms with Crippen molar-refractivity contribution in [2.24, 2.45) is 5.92 Å². The molecule has 1 saturated heterocycles. The summed E-state index contributed by atoms with van der Waals surface area (Å²) in [5.74, 6) is 1.88. The average molecular weight is 296 g/mol. The third-order valence-corrected chi connectivity index (χ3v) is 4.36. The van der Waals surface area contributed by atoms with Gasteiger partial charge in [-0.3, -0.25) is 0 Å². The second-order valence-corrected chi connectivity index (χ2v) is 6.71. The van der Waals surface area contributed by atoms with E-state index in [4.69, 9.17) is 16.6 Å². The molecule has 2 heterocycles. The van der Waals surface area contributed by atoms with Crippen molar-refractivity contribution in [3.05, 3.63) is 22.8 Å². The fourth-order valence-corrected chi connectivity index (χ4v) is 2.98. The third-order valence-electron chi connectivity index (χ3n) is 4.01. The van der Waals surface area contributed by atoms with Gasteiger partial charge in [-0.25, -0.2) is 4.98 Å². The van der Waals surface area contributed by atoms with Crippen molar-refractivity contribution in [1.29, 1.82) is 0 Å². The van der Waals surface area contributed by atoms with E-state index in [2.05, 4.69) is 37.9 Å². The monoisotopic (exact) mass is 295 g/mol. The Labute approximate surface area is 127 Å². The van der Waals surface area contributed by atoms with Crippen LogP contribution < -0.4 is 10.2 Å². The van der Waals surface area contributed by atoms with Gasteiger partial charge >= 0.3 is 0 Å². The van der Waals surface area contributed by atoms with Crippen molar-refractivity contribution < 1.29 is 0 Å². The lowest BCUT2D eigenvalue weighted by molar-refractivity contribution is 0.376. The van der Waals surface area contributed by atoms with Crippen molar-refractivity contribution in [2.45, 2.75) is 59.2 Å². The number of pyridine rings is 1. The van der Waals surface area contributed by atoms with E-state index in [9.17, 15) is 0 Å². The Bertz CT molecular complexity index is 447. The average Bonchev–Trinajstić information content (AvgIpc) is 2.38. The highest BCUT2D eigenvalue weighted by atomic mass is 35.5. The first-order chi connectivity index (χ1) is 9.47. The summed E-state index contributed by atoms with van der Waals surface area (Å²) in [6, 6.07) is 5.02. The minimum Gasteiger partial charge on any atom is -0.354 e. The van der Waals surface area contributed by atoms with Crippen LogP contribution >= 0.6 is 11.6 Å². The summed E-state index contributed by atoms with van der Waals surface area (Å²) < 4.78 is 0. The first-order valence-corrected chi connectivity index (χ1v) is 8.00. The van der Waals surface area contributed by atoms with Crippen molar-refractivity contribution in [2.75, 3.05) is 11.4 Å². The molecule has 20 heavy (non-hydrogen) atoms. The Kier molecular flexibility index (Phi) is 5.28. The van der Waals surface area contributed by atoms with E-state index in [-0.39, 0.29) is 0 Å². The number of piperidine rings is 1. The predicted octanol–water partition coefficient (Wildman–Crippen LogP) is 3.86. The molecule has 0 spiro atoms. The van der Waals surface area contributed by atoms with Crippen molar-refractivity contribution in [3.63, 3.8) is 0 Å². The zero-order valence-electron chi connectivity index (χ0n) is 13.0. The molecule has 112 valence electrons. The summed E-state index contributed by atoms with van der Waals surface area (Å²) in [7, 11) is 0. The molecule has 4 heteroatoms. The molecule has 2 rings (SSSR count). The normalized spacial score (nSPS) is 23.4. The van der Waals surface area contributed by atoms with E-state index in [0.29, 0.717) is 12.1 Å². The SMILES string of the molecule is CC1CCN(c2ccc(Cl)c(CNC(C)C)n2)C(C)C1. The lowest BCUT2D eigenvalue weighted by atomic mass is 9.93. The Balaban J connectivity index is 2.14. The number of hydrogen-bond acceptors (Lipinski definition) is 3. The molecule has 0 bridgehead atoms. The maximum atomic E-state index is 6.26. The van der Waals surface area contributed by atoms with Crippen LogP contribution in [0.15, 0.2) is 12.1 Å². The van der Waals surface area contributed by atoms with Crippen molar-refractivity contribution in [3.8, 4) is 0 Å². The smallest absolute Gasteiger partial charge is 0.129 e. The molecule has 1 aliphatic rings. The number of nitrogens with zero attached hydrogens (tertiary/aromatic N) is 2. The summed E-state index contributed by atoms with van der Waals surface area (Å²) in [4.78, 5) is 7.19. The van der Waals surface area contributed by atoms with Crippen LogP contribution in [0.3, 0.4) is 0 Å². The number of nitrogens with one attached hydrogen (secondary N) is 1. The Morgan fingerprint density at radius 3 is 2.80 bits per heavy atom. The molecule has 0 aliphatic carbocycles. The Morgan fingerprint density at radius 1 is 1.40 bits per heavy atom. The van der Waals surface area contributed by atoms with Gasteiger partial charge in [0.05, 0.1) is 10.7 Å². The Morgan fingerprint density at radius 2 is 2.15 bits per heavy atom. The van der Waals surface area contributed by atoms with E-state index < -0.39 is 0 Å². The van der Waals surface area contributed by atoms with Crippen LogP contribution in [0, 0.1) is 5.92 Å². The number of halogens is 1. The largest absolute Gasteiger partial charge is 0.354 e. The van der Waals surface area contributed by atoms with Crippen LogP contribution in [-0.2, 0) is 6.54 Å². The van der Waals surface area contributed by atoms with Crippen LogP contribution in [0.25, 0.3) is 0 Å². The van der Waals surface area contributed by atoms with Gasteiger partial charge < -0.3 is 10.2 Å². The summed E-state index contributed by atoms with van der Waals surface area (Å²) in [5.41, 5.74) is 0.948. The topological polar surface area (TPSA) is 28.2 Å². The molecule has 0 amide bonds. The summed E-state index contributed by atoms with van der Waals surface area (Å²) in [6.45, 7) is 10.7. The Hall–Kier alpha value is -0.800. The van der Waals surface area contributed by atoms with Crippen molar-refractivity contribution >= 4 is 17.4 Å². The van der Waals surface area contributed by atoms with Crippen molar-refractivity contribution in [1.82, 2.24) is 10.3 Å².